The van der Waals surface area contributed by atoms with Gasteiger partial charge in [-0.25, -0.2) is 9.97 Å². The van der Waals surface area contributed by atoms with Crippen LogP contribution in [0.5, 0.6) is 0 Å². The number of hydrogen-bond acceptors (Lipinski definition) is 5. The van der Waals surface area contributed by atoms with Crippen LogP contribution in [0.2, 0.25) is 0 Å². The summed E-state index contributed by atoms with van der Waals surface area (Å²) in [6.07, 6.45) is 1.97. The van der Waals surface area contributed by atoms with Crippen molar-refractivity contribution < 1.29 is 5.11 Å². The van der Waals surface area contributed by atoms with Crippen LogP contribution < -0.4 is 5.32 Å². The molecule has 0 radical (unpaired) electrons. The SMILES string of the molecule is CSC[C@](C)(O)CNc1nc(C)cc(C)n1. The van der Waals surface area contributed by atoms with E-state index in [1.807, 2.05) is 26.2 Å². The number of aryl methyl sites for hydroxylation is 2. The molecule has 1 aromatic heterocycles. The second-order valence-corrected chi connectivity index (χ2v) is 5.12. The van der Waals surface area contributed by atoms with Gasteiger partial charge in [-0.2, -0.15) is 11.8 Å². The normalized spacial score (nSPS) is 14.6. The highest BCUT2D eigenvalue weighted by Crippen LogP contribution is 2.11. The summed E-state index contributed by atoms with van der Waals surface area (Å²) < 4.78 is 0. The van der Waals surface area contributed by atoms with Crippen LogP contribution in [0.25, 0.3) is 0 Å². The van der Waals surface area contributed by atoms with Crippen LogP contribution >= 0.6 is 11.8 Å². The van der Waals surface area contributed by atoms with Gasteiger partial charge in [0.05, 0.1) is 5.60 Å². The van der Waals surface area contributed by atoms with Crippen molar-refractivity contribution in [2.75, 3.05) is 23.9 Å². The Morgan fingerprint density at radius 2 is 1.94 bits per heavy atom. The van der Waals surface area contributed by atoms with Gasteiger partial charge in [0, 0.05) is 23.7 Å². The molecule has 4 nitrogen and oxygen atoms in total. The molecule has 0 fully saturated rings. The molecule has 0 amide bonds. The van der Waals surface area contributed by atoms with Gasteiger partial charge in [-0.1, -0.05) is 0 Å². The molecule has 0 unspecified atom stereocenters. The van der Waals surface area contributed by atoms with E-state index in [1.54, 1.807) is 18.7 Å². The van der Waals surface area contributed by atoms with Crippen molar-refractivity contribution in [3.63, 3.8) is 0 Å². The van der Waals surface area contributed by atoms with E-state index in [2.05, 4.69) is 15.3 Å². The van der Waals surface area contributed by atoms with Crippen LogP contribution in [0.15, 0.2) is 6.07 Å². The van der Waals surface area contributed by atoms with Crippen molar-refractivity contribution in [1.29, 1.82) is 0 Å². The largest absolute Gasteiger partial charge is 0.387 e. The van der Waals surface area contributed by atoms with E-state index in [0.717, 1.165) is 11.4 Å². The van der Waals surface area contributed by atoms with Gasteiger partial charge >= 0.3 is 0 Å². The molecule has 5 heteroatoms. The molecule has 0 spiro atoms. The predicted molar refractivity (Wildman–Crippen MR) is 69.0 cm³/mol. The summed E-state index contributed by atoms with van der Waals surface area (Å²) in [6, 6.07) is 1.92. The molecule has 0 aliphatic rings. The van der Waals surface area contributed by atoms with E-state index >= 15 is 0 Å². The lowest BCUT2D eigenvalue weighted by Crippen LogP contribution is -2.36. The Labute approximate surface area is 101 Å². The molecule has 0 bridgehead atoms. The Morgan fingerprint density at radius 3 is 2.44 bits per heavy atom. The second kappa shape index (κ2) is 5.50. The number of hydrogen-bond donors (Lipinski definition) is 2. The van der Waals surface area contributed by atoms with E-state index in [-0.39, 0.29) is 0 Å². The number of rotatable bonds is 5. The minimum absolute atomic E-state index is 0.455. The number of nitrogens with zero attached hydrogens (tertiary/aromatic N) is 2. The van der Waals surface area contributed by atoms with Crippen LogP contribution in [0.1, 0.15) is 18.3 Å². The first-order valence-electron chi connectivity index (χ1n) is 5.20. The second-order valence-electron chi connectivity index (χ2n) is 4.26. The van der Waals surface area contributed by atoms with Gasteiger partial charge < -0.3 is 10.4 Å². The standard InChI is InChI=1S/C11H19N3OS/c1-8-5-9(2)14-10(13-8)12-6-11(3,15)7-16-4/h5,15H,6-7H2,1-4H3,(H,12,13,14)/t11-/m1/s1. The van der Waals surface area contributed by atoms with Gasteiger partial charge in [-0.3, -0.25) is 0 Å². The molecule has 1 rings (SSSR count). The molecular formula is C11H19N3OS. The molecule has 0 aromatic carbocycles. The minimum Gasteiger partial charge on any atom is -0.387 e. The van der Waals surface area contributed by atoms with E-state index in [9.17, 15) is 5.11 Å². The summed E-state index contributed by atoms with van der Waals surface area (Å²) in [6.45, 7) is 6.12. The van der Waals surface area contributed by atoms with Crippen LogP contribution in [0.3, 0.4) is 0 Å². The predicted octanol–water partition coefficient (Wildman–Crippen LogP) is 1.62. The summed E-state index contributed by atoms with van der Waals surface area (Å²) in [5.74, 6) is 1.27. The molecule has 0 aliphatic heterocycles. The molecule has 0 aliphatic carbocycles. The number of nitrogens with one attached hydrogen (secondary N) is 1. The number of anilines is 1. The van der Waals surface area contributed by atoms with Crippen molar-refractivity contribution in [2.45, 2.75) is 26.4 Å². The van der Waals surface area contributed by atoms with E-state index < -0.39 is 5.60 Å². The Morgan fingerprint density at radius 1 is 1.38 bits per heavy atom. The summed E-state index contributed by atoms with van der Waals surface area (Å²) in [4.78, 5) is 8.51. The van der Waals surface area contributed by atoms with Crippen molar-refractivity contribution in [3.8, 4) is 0 Å². The Balaban J connectivity index is 2.60. The van der Waals surface area contributed by atoms with Crippen LogP contribution in [-0.2, 0) is 0 Å². The molecule has 0 saturated carbocycles. The Kier molecular flexibility index (Phi) is 4.56. The fraction of sp³-hybridized carbons (Fsp3) is 0.636. The molecule has 1 atom stereocenters. The highest BCUT2D eigenvalue weighted by atomic mass is 32.2. The maximum atomic E-state index is 9.98. The molecule has 0 saturated heterocycles. The zero-order valence-corrected chi connectivity index (χ0v) is 11.1. The van der Waals surface area contributed by atoms with E-state index in [1.165, 1.54) is 0 Å². The Bertz CT molecular complexity index is 335. The lowest BCUT2D eigenvalue weighted by Gasteiger charge is -2.22. The van der Waals surface area contributed by atoms with Gasteiger partial charge in [0.1, 0.15) is 0 Å². The summed E-state index contributed by atoms with van der Waals surface area (Å²) in [7, 11) is 0. The first-order chi connectivity index (χ1) is 7.43. The third kappa shape index (κ3) is 4.37. The highest BCUT2D eigenvalue weighted by molar-refractivity contribution is 7.98. The minimum atomic E-state index is -0.736. The van der Waals surface area contributed by atoms with Gasteiger partial charge in [0.2, 0.25) is 5.95 Å². The first-order valence-corrected chi connectivity index (χ1v) is 6.60. The number of aliphatic hydroxyl groups is 1. The van der Waals surface area contributed by atoms with Crippen LogP contribution in [0.4, 0.5) is 5.95 Å². The molecule has 90 valence electrons. The van der Waals surface area contributed by atoms with Crippen molar-refractivity contribution in [2.24, 2.45) is 0 Å². The maximum absolute atomic E-state index is 9.98. The smallest absolute Gasteiger partial charge is 0.223 e. The van der Waals surface area contributed by atoms with Crippen molar-refractivity contribution >= 4 is 17.7 Å². The van der Waals surface area contributed by atoms with Crippen molar-refractivity contribution in [1.82, 2.24) is 9.97 Å². The molecule has 1 heterocycles. The lowest BCUT2D eigenvalue weighted by molar-refractivity contribution is 0.0995. The third-order valence-electron chi connectivity index (χ3n) is 2.06. The summed E-state index contributed by atoms with van der Waals surface area (Å²) >= 11 is 1.62. The summed E-state index contributed by atoms with van der Waals surface area (Å²) in [5.41, 5.74) is 1.12. The average molecular weight is 241 g/mol. The third-order valence-corrected chi connectivity index (χ3v) is 2.98. The monoisotopic (exact) mass is 241 g/mol. The van der Waals surface area contributed by atoms with Crippen LogP contribution in [-0.4, -0.2) is 39.2 Å². The van der Waals surface area contributed by atoms with E-state index in [0.29, 0.717) is 18.2 Å². The molecule has 1 aromatic rings. The van der Waals surface area contributed by atoms with Gasteiger partial charge in [-0.15, -0.1) is 0 Å². The lowest BCUT2D eigenvalue weighted by atomic mass is 10.1. The first kappa shape index (κ1) is 13.3. The average Bonchev–Trinajstić information content (AvgIpc) is 2.13. The number of thioether (sulfide) groups is 1. The Hall–Kier alpha value is -0.810. The number of aromatic nitrogens is 2. The maximum Gasteiger partial charge on any atom is 0.223 e. The molecule has 16 heavy (non-hydrogen) atoms. The zero-order chi connectivity index (χ0) is 12.2. The van der Waals surface area contributed by atoms with Crippen molar-refractivity contribution in [3.05, 3.63) is 17.5 Å². The molecule has 2 N–H and O–H groups in total. The summed E-state index contributed by atoms with van der Waals surface area (Å²) in [5, 5.41) is 13.0. The van der Waals surface area contributed by atoms with Crippen LogP contribution in [0, 0.1) is 13.8 Å². The quantitative estimate of drug-likeness (QED) is 0.820. The van der Waals surface area contributed by atoms with Gasteiger partial charge in [0.25, 0.3) is 0 Å². The van der Waals surface area contributed by atoms with Gasteiger partial charge in [-0.05, 0) is 33.1 Å². The highest BCUT2D eigenvalue weighted by Gasteiger charge is 2.19. The zero-order valence-electron chi connectivity index (χ0n) is 10.2. The topological polar surface area (TPSA) is 58.0 Å². The van der Waals surface area contributed by atoms with E-state index in [4.69, 9.17) is 0 Å². The fourth-order valence-corrected chi connectivity index (χ4v) is 2.16. The fourth-order valence-electron chi connectivity index (χ4n) is 1.44. The van der Waals surface area contributed by atoms with Gasteiger partial charge in [0.15, 0.2) is 0 Å². The molecular weight excluding hydrogens is 222 g/mol.